The lowest BCUT2D eigenvalue weighted by Gasteiger charge is -2.37. The van der Waals surface area contributed by atoms with Crippen LogP contribution in [0.3, 0.4) is 0 Å². The predicted molar refractivity (Wildman–Crippen MR) is 195 cm³/mol. The summed E-state index contributed by atoms with van der Waals surface area (Å²) in [6.45, 7) is 9.96. The van der Waals surface area contributed by atoms with Crippen molar-refractivity contribution in [2.24, 2.45) is 17.8 Å². The molecule has 3 aromatic rings. The van der Waals surface area contributed by atoms with Gasteiger partial charge in [0.25, 0.3) is 0 Å². The first-order chi connectivity index (χ1) is 25.3. The summed E-state index contributed by atoms with van der Waals surface area (Å²) in [6, 6.07) is 27.2. The Bertz CT molecular complexity index is 1700. The topological polar surface area (TPSA) is 169 Å². The minimum Gasteiger partial charge on any atom is -0.464 e. The van der Waals surface area contributed by atoms with Crippen molar-refractivity contribution in [2.75, 3.05) is 6.61 Å². The molecule has 0 aliphatic heterocycles. The van der Waals surface area contributed by atoms with Crippen molar-refractivity contribution in [1.82, 2.24) is 16.0 Å². The monoisotopic (exact) mass is 725 g/mol. The van der Waals surface area contributed by atoms with Gasteiger partial charge < -0.3 is 35.3 Å². The largest absolute Gasteiger partial charge is 0.464 e. The lowest BCUT2D eigenvalue weighted by Crippen LogP contribution is -2.61. The molecule has 12 heteroatoms. The fourth-order valence-corrected chi connectivity index (χ4v) is 7.53. The molecule has 280 valence electrons. The van der Waals surface area contributed by atoms with Gasteiger partial charge in [-0.25, -0.2) is 9.59 Å². The Balaban J connectivity index is 1.45. The number of benzene rings is 3. The predicted octanol–water partition coefficient (Wildman–Crippen LogP) is 4.50. The maximum Gasteiger partial charge on any atom is 0.408 e. The Morgan fingerprint density at radius 3 is 1.91 bits per heavy atom. The highest BCUT2D eigenvalue weighted by Gasteiger charge is 2.76. The van der Waals surface area contributed by atoms with Gasteiger partial charge in [-0.05, 0) is 50.8 Å². The first-order valence-electron chi connectivity index (χ1n) is 17.7. The number of ether oxygens (including phenoxy) is 3. The van der Waals surface area contributed by atoms with Crippen LogP contribution in [0.4, 0.5) is 4.79 Å². The number of rotatable bonds is 14. The van der Waals surface area contributed by atoms with Gasteiger partial charge in [0.2, 0.25) is 11.8 Å². The highest BCUT2D eigenvalue weighted by molar-refractivity contribution is 5.95. The third-order valence-corrected chi connectivity index (χ3v) is 9.69. The molecule has 0 heterocycles. The lowest BCUT2D eigenvalue weighted by molar-refractivity contribution is -0.156. The van der Waals surface area contributed by atoms with Crippen LogP contribution in [0.15, 0.2) is 104 Å². The van der Waals surface area contributed by atoms with Crippen molar-refractivity contribution in [2.45, 2.75) is 75.8 Å². The number of hydrogen-bond acceptors (Lipinski definition) is 9. The molecule has 2 saturated carbocycles. The number of esters is 2. The summed E-state index contributed by atoms with van der Waals surface area (Å²) < 4.78 is 15.8. The molecule has 5 rings (SSSR count). The van der Waals surface area contributed by atoms with Gasteiger partial charge in [0.1, 0.15) is 22.7 Å². The van der Waals surface area contributed by atoms with Crippen LogP contribution in [0.1, 0.15) is 63.6 Å². The Morgan fingerprint density at radius 2 is 1.43 bits per heavy atom. The second-order valence-electron chi connectivity index (χ2n) is 14.3. The van der Waals surface area contributed by atoms with E-state index in [2.05, 4.69) is 22.5 Å². The van der Waals surface area contributed by atoms with Crippen molar-refractivity contribution in [3.63, 3.8) is 0 Å². The van der Waals surface area contributed by atoms with Gasteiger partial charge in [0.15, 0.2) is 0 Å². The zero-order valence-corrected chi connectivity index (χ0v) is 30.4. The average Bonchev–Trinajstić information content (AvgIpc) is 3.83. The molecule has 2 aliphatic carbocycles. The molecule has 2 fully saturated rings. The molecular formula is C41H47N3O9. The van der Waals surface area contributed by atoms with E-state index in [9.17, 15) is 29.1 Å². The number of hydrogen-bond donors (Lipinski definition) is 4. The SMILES string of the molecule is C=COC(=O)[C@H]1[C@H]2[C@@H]1C(NC(=O)[C@H](CCC(=O)NC(c1ccccc1)(c1ccccc1)c1ccccc1)NC(=O)OC(C)(C)C)(C(=O)OCC)C[C@@H]2O. The summed E-state index contributed by atoms with van der Waals surface area (Å²) in [7, 11) is 0. The fourth-order valence-electron chi connectivity index (χ4n) is 7.53. The number of aliphatic hydroxyl groups is 1. The van der Waals surface area contributed by atoms with Gasteiger partial charge in [0, 0.05) is 24.7 Å². The average molecular weight is 726 g/mol. The first-order valence-corrected chi connectivity index (χ1v) is 17.7. The molecule has 3 aromatic carbocycles. The van der Waals surface area contributed by atoms with E-state index < -0.39 is 76.4 Å². The maximum atomic E-state index is 14.2. The fraction of sp³-hybridized carbons (Fsp3) is 0.390. The number of carbonyl (C=O) groups excluding carboxylic acids is 5. The smallest absolute Gasteiger partial charge is 0.408 e. The Kier molecular flexibility index (Phi) is 11.7. The molecule has 0 radical (unpaired) electrons. The van der Waals surface area contributed by atoms with Crippen molar-refractivity contribution < 1.29 is 43.3 Å². The van der Waals surface area contributed by atoms with Crippen LogP contribution in [0.5, 0.6) is 0 Å². The minimum atomic E-state index is -1.80. The highest BCUT2D eigenvalue weighted by Crippen LogP contribution is 2.63. The number of fused-ring (bicyclic) bond motifs is 1. The zero-order valence-electron chi connectivity index (χ0n) is 30.4. The van der Waals surface area contributed by atoms with Gasteiger partial charge in [-0.2, -0.15) is 0 Å². The standard InChI is InChI=1S/C41H47N3O9/c1-6-51-36(48)33-32-30(45)25-40(34(32)33,37(49)52-7-2)44-35(47)29(42-38(50)53-39(3,4)5)23-24-31(46)43-41(26-17-11-8-12-18-26,27-19-13-9-14-20-27)28-21-15-10-16-22-28/h6,8-22,29-30,32-34,45H,1,7,23-25H2,2-5H3,(H,42,50)(H,43,46)(H,44,47)/t29-,30-,32-,33-,34-,40?/m0/s1. The molecule has 3 amide bonds. The van der Waals surface area contributed by atoms with Crippen LogP contribution in [-0.2, 0) is 38.9 Å². The summed E-state index contributed by atoms with van der Waals surface area (Å²) in [5, 5.41) is 19.5. The van der Waals surface area contributed by atoms with E-state index in [4.69, 9.17) is 14.2 Å². The van der Waals surface area contributed by atoms with Crippen LogP contribution in [-0.4, -0.2) is 64.8 Å². The highest BCUT2D eigenvalue weighted by atomic mass is 16.6. The number of nitrogens with one attached hydrogen (secondary N) is 3. The third-order valence-electron chi connectivity index (χ3n) is 9.69. The molecule has 0 aromatic heterocycles. The maximum absolute atomic E-state index is 14.2. The molecule has 1 unspecified atom stereocenters. The third kappa shape index (κ3) is 8.28. The van der Waals surface area contributed by atoms with E-state index in [1.165, 1.54) is 0 Å². The number of aliphatic hydroxyl groups excluding tert-OH is 1. The summed E-state index contributed by atoms with van der Waals surface area (Å²) in [4.78, 5) is 67.8. The molecular weight excluding hydrogens is 678 g/mol. The van der Waals surface area contributed by atoms with Gasteiger partial charge in [-0.1, -0.05) is 97.6 Å². The molecule has 2 aliphatic rings. The van der Waals surface area contributed by atoms with Crippen molar-refractivity contribution in [3.8, 4) is 0 Å². The summed E-state index contributed by atoms with van der Waals surface area (Å²) in [6.07, 6.45) is -1.75. The molecule has 6 atom stereocenters. The lowest BCUT2D eigenvalue weighted by atomic mass is 9.77. The van der Waals surface area contributed by atoms with E-state index in [1.807, 2.05) is 91.0 Å². The molecule has 0 bridgehead atoms. The van der Waals surface area contributed by atoms with E-state index in [0.717, 1.165) is 23.0 Å². The summed E-state index contributed by atoms with van der Waals surface area (Å²) >= 11 is 0. The Labute approximate surface area is 309 Å². The molecule has 4 N–H and O–H groups in total. The van der Waals surface area contributed by atoms with E-state index in [0.29, 0.717) is 0 Å². The normalized spacial score (nSPS) is 22.3. The molecule has 53 heavy (non-hydrogen) atoms. The Hall–Kier alpha value is -5.49. The Morgan fingerprint density at radius 1 is 0.906 bits per heavy atom. The van der Waals surface area contributed by atoms with Crippen LogP contribution >= 0.6 is 0 Å². The first kappa shape index (κ1) is 38.7. The molecule has 12 nitrogen and oxygen atoms in total. The summed E-state index contributed by atoms with van der Waals surface area (Å²) in [5.41, 5.74) is -1.45. The van der Waals surface area contributed by atoms with Crippen LogP contribution < -0.4 is 16.0 Å². The minimum absolute atomic E-state index is 0.0303. The molecule has 0 spiro atoms. The van der Waals surface area contributed by atoms with Gasteiger partial charge in [-0.15, -0.1) is 0 Å². The van der Waals surface area contributed by atoms with Crippen molar-refractivity contribution >= 4 is 29.8 Å². The summed E-state index contributed by atoms with van der Waals surface area (Å²) in [5.74, 6) is -5.19. The number of amides is 3. The van der Waals surface area contributed by atoms with E-state index >= 15 is 0 Å². The van der Waals surface area contributed by atoms with Crippen LogP contribution in [0, 0.1) is 17.8 Å². The van der Waals surface area contributed by atoms with Crippen LogP contribution in [0.2, 0.25) is 0 Å². The quantitative estimate of drug-likeness (QED) is 0.0810. The number of alkyl carbamates (subject to hydrolysis) is 1. The number of carbonyl (C=O) groups is 5. The van der Waals surface area contributed by atoms with Gasteiger partial charge >= 0.3 is 18.0 Å². The second kappa shape index (κ2) is 16.0. The second-order valence-corrected chi connectivity index (χ2v) is 14.3. The van der Waals surface area contributed by atoms with Gasteiger partial charge in [0.05, 0.1) is 24.9 Å². The van der Waals surface area contributed by atoms with E-state index in [-0.39, 0.29) is 25.9 Å². The molecule has 0 saturated heterocycles. The van der Waals surface area contributed by atoms with Crippen molar-refractivity contribution in [3.05, 3.63) is 121 Å². The zero-order chi connectivity index (χ0) is 38.4. The van der Waals surface area contributed by atoms with Crippen molar-refractivity contribution in [1.29, 1.82) is 0 Å². The van der Waals surface area contributed by atoms with Gasteiger partial charge in [-0.3, -0.25) is 14.4 Å². The van der Waals surface area contributed by atoms with E-state index in [1.54, 1.807) is 27.7 Å². The van der Waals surface area contributed by atoms with Crippen LogP contribution in [0.25, 0.3) is 0 Å².